The van der Waals surface area contributed by atoms with Crippen LogP contribution < -0.4 is 5.73 Å². The molecule has 1 aliphatic carbocycles. The maximum atomic E-state index is 6.67. The Morgan fingerprint density at radius 3 is 2.95 bits per heavy atom. The van der Waals surface area contributed by atoms with Crippen molar-refractivity contribution < 1.29 is 0 Å². The SMILES string of the molecule is CCC(C)n1ccc(CC2(N)CCc3ccccc32)n1. The molecule has 3 nitrogen and oxygen atoms in total. The summed E-state index contributed by atoms with van der Waals surface area (Å²) in [6.45, 7) is 4.38. The molecular weight excluding hydrogens is 246 g/mol. The standard InChI is InChI=1S/C17H23N3/c1-3-13(2)20-11-9-15(19-20)12-17(18)10-8-14-6-4-5-7-16(14)17/h4-7,9,11,13H,3,8,10,12,18H2,1-2H3. The Morgan fingerprint density at radius 2 is 2.15 bits per heavy atom. The molecule has 3 heteroatoms. The summed E-state index contributed by atoms with van der Waals surface area (Å²) in [6.07, 6.45) is 6.10. The number of benzene rings is 1. The van der Waals surface area contributed by atoms with Gasteiger partial charge in [0.15, 0.2) is 0 Å². The van der Waals surface area contributed by atoms with Gasteiger partial charge in [-0.15, -0.1) is 0 Å². The van der Waals surface area contributed by atoms with E-state index in [1.54, 1.807) is 0 Å². The van der Waals surface area contributed by atoms with Crippen LogP contribution in [0.25, 0.3) is 0 Å². The van der Waals surface area contributed by atoms with Crippen LogP contribution in [-0.4, -0.2) is 9.78 Å². The van der Waals surface area contributed by atoms with Crippen molar-refractivity contribution in [1.29, 1.82) is 0 Å². The van der Waals surface area contributed by atoms with Crippen molar-refractivity contribution in [1.82, 2.24) is 9.78 Å². The lowest BCUT2D eigenvalue weighted by atomic mass is 9.88. The first-order valence-electron chi connectivity index (χ1n) is 7.53. The van der Waals surface area contributed by atoms with Crippen LogP contribution >= 0.6 is 0 Å². The van der Waals surface area contributed by atoms with E-state index in [1.165, 1.54) is 11.1 Å². The van der Waals surface area contributed by atoms with E-state index in [4.69, 9.17) is 10.8 Å². The Bertz CT molecular complexity index is 602. The van der Waals surface area contributed by atoms with Crippen molar-refractivity contribution in [2.75, 3.05) is 0 Å². The molecule has 1 aromatic carbocycles. The van der Waals surface area contributed by atoms with Crippen LogP contribution in [-0.2, 0) is 18.4 Å². The number of nitrogens with two attached hydrogens (primary N) is 1. The van der Waals surface area contributed by atoms with E-state index in [2.05, 4.69) is 55.1 Å². The van der Waals surface area contributed by atoms with E-state index in [9.17, 15) is 0 Å². The highest BCUT2D eigenvalue weighted by Crippen LogP contribution is 2.36. The number of hydrogen-bond acceptors (Lipinski definition) is 2. The predicted molar refractivity (Wildman–Crippen MR) is 81.6 cm³/mol. The summed E-state index contributed by atoms with van der Waals surface area (Å²) in [4.78, 5) is 0. The summed E-state index contributed by atoms with van der Waals surface area (Å²) in [5.74, 6) is 0. The molecule has 0 saturated carbocycles. The zero-order valence-corrected chi connectivity index (χ0v) is 12.3. The van der Waals surface area contributed by atoms with Gasteiger partial charge in [0.1, 0.15) is 0 Å². The van der Waals surface area contributed by atoms with Crippen LogP contribution in [0.2, 0.25) is 0 Å². The number of fused-ring (bicyclic) bond motifs is 1. The van der Waals surface area contributed by atoms with Crippen molar-refractivity contribution in [3.8, 4) is 0 Å². The van der Waals surface area contributed by atoms with Crippen LogP contribution in [0.5, 0.6) is 0 Å². The third-order valence-corrected chi connectivity index (χ3v) is 4.60. The summed E-state index contributed by atoms with van der Waals surface area (Å²) in [5, 5.41) is 4.70. The normalized spacial score (nSPS) is 22.8. The van der Waals surface area contributed by atoms with E-state index in [1.807, 2.05) is 0 Å². The molecule has 0 fully saturated rings. The molecule has 0 bridgehead atoms. The summed E-state index contributed by atoms with van der Waals surface area (Å²) >= 11 is 0. The van der Waals surface area contributed by atoms with E-state index >= 15 is 0 Å². The molecule has 2 atom stereocenters. The Kier molecular flexibility index (Phi) is 3.38. The van der Waals surface area contributed by atoms with Gasteiger partial charge in [-0.05, 0) is 43.4 Å². The quantitative estimate of drug-likeness (QED) is 0.926. The van der Waals surface area contributed by atoms with Gasteiger partial charge in [-0.2, -0.15) is 5.10 Å². The Morgan fingerprint density at radius 1 is 1.35 bits per heavy atom. The Balaban J connectivity index is 1.83. The largest absolute Gasteiger partial charge is 0.321 e. The molecular formula is C17H23N3. The molecule has 0 amide bonds. The molecule has 2 unspecified atom stereocenters. The van der Waals surface area contributed by atoms with Crippen LogP contribution in [0.3, 0.4) is 0 Å². The molecule has 0 radical (unpaired) electrons. The number of hydrogen-bond donors (Lipinski definition) is 1. The minimum Gasteiger partial charge on any atom is -0.321 e. The fourth-order valence-electron chi connectivity index (χ4n) is 3.13. The molecule has 1 aromatic heterocycles. The number of aryl methyl sites for hydroxylation is 1. The van der Waals surface area contributed by atoms with Crippen molar-refractivity contribution in [2.45, 2.75) is 51.1 Å². The molecule has 0 spiro atoms. The van der Waals surface area contributed by atoms with Crippen molar-refractivity contribution in [3.63, 3.8) is 0 Å². The molecule has 106 valence electrons. The summed E-state index contributed by atoms with van der Waals surface area (Å²) < 4.78 is 2.06. The smallest absolute Gasteiger partial charge is 0.0646 e. The third kappa shape index (κ3) is 2.27. The zero-order valence-electron chi connectivity index (χ0n) is 12.3. The summed E-state index contributed by atoms with van der Waals surface area (Å²) in [5.41, 5.74) is 10.2. The van der Waals surface area contributed by atoms with E-state index in [-0.39, 0.29) is 5.54 Å². The second kappa shape index (κ2) is 5.06. The third-order valence-electron chi connectivity index (χ3n) is 4.60. The van der Waals surface area contributed by atoms with Gasteiger partial charge in [0.2, 0.25) is 0 Å². The molecule has 2 N–H and O–H groups in total. The highest BCUT2D eigenvalue weighted by atomic mass is 15.3. The average Bonchev–Trinajstić information content (AvgIpc) is 3.05. The minimum atomic E-state index is -0.245. The van der Waals surface area contributed by atoms with Crippen LogP contribution in [0, 0.1) is 0 Å². The van der Waals surface area contributed by atoms with Gasteiger partial charge in [0.25, 0.3) is 0 Å². The second-order valence-electron chi connectivity index (χ2n) is 6.03. The average molecular weight is 269 g/mol. The van der Waals surface area contributed by atoms with Gasteiger partial charge in [-0.3, -0.25) is 4.68 Å². The van der Waals surface area contributed by atoms with Gasteiger partial charge in [-0.25, -0.2) is 0 Å². The number of nitrogens with zero attached hydrogens (tertiary/aromatic N) is 2. The van der Waals surface area contributed by atoms with Crippen molar-refractivity contribution in [3.05, 3.63) is 53.3 Å². The fourth-order valence-corrected chi connectivity index (χ4v) is 3.13. The highest BCUT2D eigenvalue weighted by molar-refractivity contribution is 5.39. The summed E-state index contributed by atoms with van der Waals surface area (Å²) in [6, 6.07) is 11.1. The zero-order chi connectivity index (χ0) is 14.2. The second-order valence-corrected chi connectivity index (χ2v) is 6.03. The molecule has 0 saturated heterocycles. The monoisotopic (exact) mass is 269 g/mol. The summed E-state index contributed by atoms with van der Waals surface area (Å²) in [7, 11) is 0. The molecule has 1 aliphatic rings. The Hall–Kier alpha value is -1.61. The topological polar surface area (TPSA) is 43.8 Å². The van der Waals surface area contributed by atoms with E-state index in [0.29, 0.717) is 6.04 Å². The first-order valence-corrected chi connectivity index (χ1v) is 7.53. The fraction of sp³-hybridized carbons (Fsp3) is 0.471. The van der Waals surface area contributed by atoms with Crippen LogP contribution in [0.1, 0.15) is 49.6 Å². The molecule has 1 heterocycles. The van der Waals surface area contributed by atoms with Gasteiger partial charge >= 0.3 is 0 Å². The van der Waals surface area contributed by atoms with Crippen molar-refractivity contribution >= 4 is 0 Å². The predicted octanol–water partition coefficient (Wildman–Crippen LogP) is 3.20. The highest BCUT2D eigenvalue weighted by Gasteiger charge is 2.35. The Labute approximate surface area is 120 Å². The van der Waals surface area contributed by atoms with Crippen LogP contribution in [0.15, 0.2) is 36.5 Å². The van der Waals surface area contributed by atoms with Gasteiger partial charge in [-0.1, -0.05) is 31.2 Å². The van der Waals surface area contributed by atoms with Gasteiger partial charge in [0.05, 0.1) is 5.69 Å². The molecule has 2 aromatic rings. The van der Waals surface area contributed by atoms with E-state index < -0.39 is 0 Å². The molecule has 20 heavy (non-hydrogen) atoms. The van der Waals surface area contributed by atoms with Gasteiger partial charge in [0, 0.05) is 24.2 Å². The lowest BCUT2D eigenvalue weighted by molar-refractivity contribution is 0.422. The molecule has 3 rings (SSSR count). The number of rotatable bonds is 4. The number of aromatic nitrogens is 2. The first-order chi connectivity index (χ1) is 9.62. The van der Waals surface area contributed by atoms with E-state index in [0.717, 1.165) is 31.4 Å². The molecule has 0 aliphatic heterocycles. The lowest BCUT2D eigenvalue weighted by Crippen LogP contribution is -2.36. The maximum absolute atomic E-state index is 6.67. The van der Waals surface area contributed by atoms with Crippen LogP contribution in [0.4, 0.5) is 0 Å². The maximum Gasteiger partial charge on any atom is 0.0646 e. The lowest BCUT2D eigenvalue weighted by Gasteiger charge is -2.24. The minimum absolute atomic E-state index is 0.245. The first kappa shape index (κ1) is 13.4. The van der Waals surface area contributed by atoms with Crippen molar-refractivity contribution in [2.24, 2.45) is 5.73 Å². The van der Waals surface area contributed by atoms with Gasteiger partial charge < -0.3 is 5.73 Å².